The van der Waals surface area contributed by atoms with Crippen LogP contribution in [0.2, 0.25) is 5.02 Å². The van der Waals surface area contributed by atoms with Gasteiger partial charge in [0.05, 0.1) is 0 Å². The van der Waals surface area contributed by atoms with Crippen molar-refractivity contribution in [2.24, 2.45) is 0 Å². The molecule has 1 heterocycles. The average molecular weight is 491 g/mol. The van der Waals surface area contributed by atoms with E-state index < -0.39 is 5.38 Å². The third-order valence-electron chi connectivity index (χ3n) is 5.06. The summed E-state index contributed by atoms with van der Waals surface area (Å²) in [5.74, 6) is -0.448. The van der Waals surface area contributed by atoms with Gasteiger partial charge in [0.1, 0.15) is 10.4 Å². The predicted molar refractivity (Wildman–Crippen MR) is 130 cm³/mol. The Hall–Kier alpha value is -2.48. The third kappa shape index (κ3) is 6.28. The van der Waals surface area contributed by atoms with Crippen molar-refractivity contribution in [3.8, 4) is 10.6 Å². The van der Waals surface area contributed by atoms with Crippen LogP contribution in [0.25, 0.3) is 10.6 Å². The second-order valence-electron chi connectivity index (χ2n) is 7.28. The minimum Gasteiger partial charge on any atom is -0.338 e. The molecule has 2 amide bonds. The van der Waals surface area contributed by atoms with Crippen LogP contribution >= 0.6 is 34.5 Å². The molecular weight excluding hydrogens is 467 g/mol. The van der Waals surface area contributed by atoms with Gasteiger partial charge in [-0.1, -0.05) is 72.3 Å². The maximum Gasteiger partial charge on any atom is 0.245 e. The Morgan fingerprint density at radius 1 is 1.09 bits per heavy atom. The predicted octanol–water partition coefficient (Wildman–Crippen LogP) is 5.79. The van der Waals surface area contributed by atoms with Crippen LogP contribution in [0.5, 0.6) is 0 Å². The number of nitrogens with one attached hydrogen (secondary N) is 1. The van der Waals surface area contributed by atoms with Gasteiger partial charge in [0.15, 0.2) is 0 Å². The summed E-state index contributed by atoms with van der Waals surface area (Å²) in [6.45, 7) is 4.21. The minimum atomic E-state index is -0.793. The van der Waals surface area contributed by atoms with E-state index in [2.05, 4.69) is 15.5 Å². The number of benzene rings is 2. The van der Waals surface area contributed by atoms with Crippen LogP contribution in [0.4, 0.5) is 5.13 Å². The molecule has 0 aliphatic heterocycles. The lowest BCUT2D eigenvalue weighted by molar-refractivity contribution is -0.133. The summed E-state index contributed by atoms with van der Waals surface area (Å²) in [5.41, 5.74) is 1.61. The summed E-state index contributed by atoms with van der Waals surface area (Å²) in [6, 6.07) is 16.4. The zero-order chi connectivity index (χ0) is 23.1. The van der Waals surface area contributed by atoms with E-state index in [0.717, 1.165) is 17.5 Å². The average Bonchev–Trinajstić information content (AvgIpc) is 3.27. The SMILES string of the molecule is CCC(C)N(CCC(=O)Nc1nnc(-c2ccc(Cl)cc2)s1)C(=O)C(Cl)c1ccccc1. The maximum absolute atomic E-state index is 13.0. The fourth-order valence-electron chi connectivity index (χ4n) is 3.06. The smallest absolute Gasteiger partial charge is 0.245 e. The van der Waals surface area contributed by atoms with Crippen LogP contribution in [0.3, 0.4) is 0 Å². The van der Waals surface area contributed by atoms with Crippen molar-refractivity contribution in [3.05, 3.63) is 65.2 Å². The molecule has 168 valence electrons. The number of halogens is 2. The molecule has 32 heavy (non-hydrogen) atoms. The standard InChI is InChI=1S/C23H24Cl2N4O2S/c1-3-15(2)29(22(31)20(25)16-7-5-4-6-8-16)14-13-19(30)26-23-28-27-21(32-23)17-9-11-18(24)12-10-17/h4-12,15,20H,3,13-14H2,1-2H3,(H,26,28,30). The summed E-state index contributed by atoms with van der Waals surface area (Å²) >= 11 is 13.6. The molecule has 3 aromatic rings. The number of carbonyl (C=O) groups excluding carboxylic acids is 2. The van der Waals surface area contributed by atoms with E-state index in [1.165, 1.54) is 11.3 Å². The van der Waals surface area contributed by atoms with Gasteiger partial charge in [0, 0.05) is 29.6 Å². The number of hydrogen-bond acceptors (Lipinski definition) is 5. The number of anilines is 1. The summed E-state index contributed by atoms with van der Waals surface area (Å²) < 4.78 is 0. The molecule has 1 aromatic heterocycles. The van der Waals surface area contributed by atoms with E-state index in [-0.39, 0.29) is 30.8 Å². The van der Waals surface area contributed by atoms with E-state index in [4.69, 9.17) is 23.2 Å². The Bertz CT molecular complexity index is 1040. The van der Waals surface area contributed by atoms with Gasteiger partial charge in [0.2, 0.25) is 16.9 Å². The Balaban J connectivity index is 1.60. The number of rotatable bonds is 9. The highest BCUT2D eigenvalue weighted by Gasteiger charge is 2.27. The number of alkyl halides is 1. The molecule has 6 nitrogen and oxygen atoms in total. The molecule has 0 bridgehead atoms. The molecule has 3 rings (SSSR count). The zero-order valence-electron chi connectivity index (χ0n) is 17.8. The van der Waals surface area contributed by atoms with Crippen molar-refractivity contribution in [3.63, 3.8) is 0 Å². The van der Waals surface area contributed by atoms with Crippen molar-refractivity contribution in [2.75, 3.05) is 11.9 Å². The van der Waals surface area contributed by atoms with Crippen LogP contribution in [0, 0.1) is 0 Å². The first kappa shape index (κ1) is 24.2. The molecule has 2 aromatic carbocycles. The highest BCUT2D eigenvalue weighted by Crippen LogP contribution is 2.28. The molecule has 0 aliphatic rings. The summed E-state index contributed by atoms with van der Waals surface area (Å²) in [5, 5.41) is 11.9. The normalized spacial score (nSPS) is 12.8. The molecule has 0 fully saturated rings. The molecule has 0 saturated carbocycles. The Morgan fingerprint density at radius 3 is 2.44 bits per heavy atom. The lowest BCUT2D eigenvalue weighted by Crippen LogP contribution is -2.41. The number of amides is 2. The summed E-state index contributed by atoms with van der Waals surface area (Å²) in [4.78, 5) is 27.2. The summed E-state index contributed by atoms with van der Waals surface area (Å²) in [7, 11) is 0. The monoisotopic (exact) mass is 490 g/mol. The number of hydrogen-bond donors (Lipinski definition) is 1. The second kappa shape index (κ2) is 11.4. The van der Waals surface area contributed by atoms with Crippen LogP contribution in [0.15, 0.2) is 54.6 Å². The molecule has 0 aliphatic carbocycles. The highest BCUT2D eigenvalue weighted by atomic mass is 35.5. The van der Waals surface area contributed by atoms with Crippen LogP contribution in [0.1, 0.15) is 37.6 Å². The van der Waals surface area contributed by atoms with Crippen molar-refractivity contribution in [1.29, 1.82) is 0 Å². The zero-order valence-corrected chi connectivity index (χ0v) is 20.1. The van der Waals surface area contributed by atoms with Crippen LogP contribution in [-0.4, -0.2) is 39.5 Å². The minimum absolute atomic E-state index is 0.0432. The molecule has 2 unspecified atom stereocenters. The number of carbonyl (C=O) groups is 2. The molecule has 0 radical (unpaired) electrons. The Labute approximate surface area is 201 Å². The quantitative estimate of drug-likeness (QED) is 0.384. The van der Waals surface area contributed by atoms with Gasteiger partial charge >= 0.3 is 0 Å². The van der Waals surface area contributed by atoms with E-state index in [1.54, 1.807) is 17.0 Å². The van der Waals surface area contributed by atoms with Gasteiger partial charge in [-0.2, -0.15) is 0 Å². The summed E-state index contributed by atoms with van der Waals surface area (Å²) in [6.07, 6.45) is 0.886. The lowest BCUT2D eigenvalue weighted by Gasteiger charge is -2.30. The third-order valence-corrected chi connectivity index (χ3v) is 6.64. The van der Waals surface area contributed by atoms with Gasteiger partial charge in [-0.3, -0.25) is 9.59 Å². The van der Waals surface area contributed by atoms with Crippen LogP contribution in [-0.2, 0) is 9.59 Å². The van der Waals surface area contributed by atoms with E-state index in [0.29, 0.717) is 15.2 Å². The van der Waals surface area contributed by atoms with Gasteiger partial charge in [-0.15, -0.1) is 21.8 Å². The first-order valence-corrected chi connectivity index (χ1v) is 11.9. The molecule has 0 spiro atoms. The van der Waals surface area contributed by atoms with E-state index >= 15 is 0 Å². The van der Waals surface area contributed by atoms with Crippen molar-refractivity contribution < 1.29 is 9.59 Å². The molecule has 0 saturated heterocycles. The first-order chi connectivity index (χ1) is 15.4. The maximum atomic E-state index is 13.0. The van der Waals surface area contributed by atoms with Gasteiger partial charge in [-0.25, -0.2) is 0 Å². The highest BCUT2D eigenvalue weighted by molar-refractivity contribution is 7.18. The van der Waals surface area contributed by atoms with Crippen LogP contribution < -0.4 is 5.32 Å². The fraction of sp³-hybridized carbons (Fsp3) is 0.304. The number of aromatic nitrogens is 2. The van der Waals surface area contributed by atoms with E-state index in [9.17, 15) is 9.59 Å². The molecule has 2 atom stereocenters. The van der Waals surface area contributed by atoms with Gasteiger partial charge < -0.3 is 10.2 Å². The van der Waals surface area contributed by atoms with Gasteiger partial charge in [0.25, 0.3) is 0 Å². The van der Waals surface area contributed by atoms with Crippen molar-refractivity contribution >= 4 is 51.5 Å². The van der Waals surface area contributed by atoms with Crippen molar-refractivity contribution in [2.45, 2.75) is 38.1 Å². The van der Waals surface area contributed by atoms with Gasteiger partial charge in [-0.05, 0) is 31.0 Å². The largest absolute Gasteiger partial charge is 0.338 e. The Kier molecular flexibility index (Phi) is 8.61. The van der Waals surface area contributed by atoms with Crippen molar-refractivity contribution in [1.82, 2.24) is 15.1 Å². The molecule has 1 N–H and O–H groups in total. The fourth-order valence-corrected chi connectivity index (χ4v) is 4.23. The number of nitrogens with zero attached hydrogens (tertiary/aromatic N) is 3. The first-order valence-electron chi connectivity index (χ1n) is 10.3. The Morgan fingerprint density at radius 2 is 1.78 bits per heavy atom. The second-order valence-corrected chi connectivity index (χ2v) is 9.13. The topological polar surface area (TPSA) is 75.2 Å². The lowest BCUT2D eigenvalue weighted by atomic mass is 10.1. The molecular formula is C23H24Cl2N4O2S. The van der Waals surface area contributed by atoms with E-state index in [1.807, 2.05) is 56.3 Å². The molecule has 9 heteroatoms.